The van der Waals surface area contributed by atoms with Crippen molar-refractivity contribution in [2.24, 2.45) is 5.92 Å². The zero-order valence-electron chi connectivity index (χ0n) is 13.1. The fourth-order valence-corrected chi connectivity index (χ4v) is 2.47. The maximum absolute atomic E-state index is 12.0. The van der Waals surface area contributed by atoms with Crippen molar-refractivity contribution in [1.82, 2.24) is 15.1 Å². The predicted molar refractivity (Wildman–Crippen MR) is 80.2 cm³/mol. The summed E-state index contributed by atoms with van der Waals surface area (Å²) in [6.07, 6.45) is 3.34. The Morgan fingerprint density at radius 2 is 2.00 bits per heavy atom. The van der Waals surface area contributed by atoms with E-state index in [1.165, 1.54) is 0 Å². The zero-order chi connectivity index (χ0) is 14.3. The number of carbonyl (C=O) groups excluding carboxylic acids is 1. The molecule has 1 amide bonds. The highest BCUT2D eigenvalue weighted by molar-refractivity contribution is 5.78. The molecule has 19 heavy (non-hydrogen) atoms. The van der Waals surface area contributed by atoms with Crippen LogP contribution in [0.25, 0.3) is 0 Å². The molecule has 0 aliphatic carbocycles. The minimum Gasteiger partial charge on any atom is -0.352 e. The van der Waals surface area contributed by atoms with Crippen molar-refractivity contribution in [2.45, 2.75) is 46.1 Å². The third kappa shape index (κ3) is 6.92. The van der Waals surface area contributed by atoms with E-state index in [0.29, 0.717) is 18.5 Å². The van der Waals surface area contributed by atoms with E-state index in [4.69, 9.17) is 0 Å². The van der Waals surface area contributed by atoms with E-state index >= 15 is 0 Å². The van der Waals surface area contributed by atoms with Gasteiger partial charge in [-0.05, 0) is 45.3 Å². The number of hydrogen-bond donors (Lipinski definition) is 1. The van der Waals surface area contributed by atoms with E-state index in [9.17, 15) is 4.79 Å². The summed E-state index contributed by atoms with van der Waals surface area (Å²) < 4.78 is 0. The summed E-state index contributed by atoms with van der Waals surface area (Å²) >= 11 is 0. The molecule has 1 heterocycles. The molecule has 4 nitrogen and oxygen atoms in total. The first-order valence-corrected chi connectivity index (χ1v) is 7.71. The minimum atomic E-state index is 0.182. The molecule has 0 spiro atoms. The van der Waals surface area contributed by atoms with Gasteiger partial charge in [0.2, 0.25) is 5.91 Å². The standard InChI is InChI=1S/C15H31N3O/c1-5-18-10-7-14(8-11-18)16-15(19)12-17(4)9-6-13(2)3/h13-14H,5-12H2,1-4H3,(H,16,19). The van der Waals surface area contributed by atoms with Crippen molar-refractivity contribution >= 4 is 5.91 Å². The van der Waals surface area contributed by atoms with Gasteiger partial charge in [-0.2, -0.15) is 0 Å². The van der Waals surface area contributed by atoms with Gasteiger partial charge in [0.1, 0.15) is 0 Å². The first-order chi connectivity index (χ1) is 9.01. The molecule has 0 aromatic heterocycles. The van der Waals surface area contributed by atoms with Gasteiger partial charge in [0.25, 0.3) is 0 Å². The summed E-state index contributed by atoms with van der Waals surface area (Å²) in [5, 5.41) is 3.17. The third-order valence-corrected chi connectivity index (χ3v) is 3.90. The molecule has 4 heteroatoms. The minimum absolute atomic E-state index is 0.182. The zero-order valence-corrected chi connectivity index (χ0v) is 13.1. The van der Waals surface area contributed by atoms with Gasteiger partial charge in [0, 0.05) is 19.1 Å². The highest BCUT2D eigenvalue weighted by atomic mass is 16.2. The third-order valence-electron chi connectivity index (χ3n) is 3.90. The molecule has 1 rings (SSSR count). The quantitative estimate of drug-likeness (QED) is 0.762. The van der Waals surface area contributed by atoms with Crippen LogP contribution in [0.2, 0.25) is 0 Å². The van der Waals surface area contributed by atoms with Gasteiger partial charge >= 0.3 is 0 Å². The summed E-state index contributed by atoms with van der Waals surface area (Å²) in [5.74, 6) is 0.880. The lowest BCUT2D eigenvalue weighted by Gasteiger charge is -2.31. The Morgan fingerprint density at radius 3 is 2.53 bits per heavy atom. The Kier molecular flexibility index (Phi) is 7.39. The van der Waals surface area contributed by atoms with Crippen molar-refractivity contribution in [3.63, 3.8) is 0 Å². The lowest BCUT2D eigenvalue weighted by Crippen LogP contribution is -2.47. The molecule has 1 aliphatic heterocycles. The number of piperidine rings is 1. The lowest BCUT2D eigenvalue weighted by atomic mass is 10.1. The van der Waals surface area contributed by atoms with Gasteiger partial charge in [-0.15, -0.1) is 0 Å². The van der Waals surface area contributed by atoms with Gasteiger partial charge in [-0.3, -0.25) is 9.69 Å². The van der Waals surface area contributed by atoms with E-state index in [-0.39, 0.29) is 5.91 Å². The highest BCUT2D eigenvalue weighted by Gasteiger charge is 2.19. The SMILES string of the molecule is CCN1CCC(NC(=O)CN(C)CCC(C)C)CC1. The van der Waals surface area contributed by atoms with E-state index in [1.807, 2.05) is 7.05 Å². The number of likely N-dealkylation sites (tertiary alicyclic amines) is 1. The van der Waals surface area contributed by atoms with Crippen molar-refractivity contribution in [2.75, 3.05) is 39.8 Å². The molecule has 0 saturated carbocycles. The highest BCUT2D eigenvalue weighted by Crippen LogP contribution is 2.09. The molecule has 0 aromatic rings. The average Bonchev–Trinajstić information content (AvgIpc) is 2.37. The molecule has 1 aliphatic rings. The average molecular weight is 269 g/mol. The molecule has 1 N–H and O–H groups in total. The van der Waals surface area contributed by atoms with Crippen LogP contribution < -0.4 is 5.32 Å². The molecule has 1 saturated heterocycles. The van der Waals surface area contributed by atoms with Gasteiger partial charge in [-0.1, -0.05) is 20.8 Å². The summed E-state index contributed by atoms with van der Waals surface area (Å²) in [5.41, 5.74) is 0. The van der Waals surface area contributed by atoms with Crippen molar-refractivity contribution in [1.29, 1.82) is 0 Å². The van der Waals surface area contributed by atoms with Crippen LogP contribution in [-0.4, -0.2) is 61.5 Å². The predicted octanol–water partition coefficient (Wildman–Crippen LogP) is 1.56. The molecule has 0 bridgehead atoms. The van der Waals surface area contributed by atoms with Gasteiger partial charge in [0.15, 0.2) is 0 Å². The Hall–Kier alpha value is -0.610. The molecular weight excluding hydrogens is 238 g/mol. The van der Waals surface area contributed by atoms with Crippen LogP contribution in [0.15, 0.2) is 0 Å². The smallest absolute Gasteiger partial charge is 0.234 e. The van der Waals surface area contributed by atoms with Gasteiger partial charge in [0.05, 0.1) is 6.54 Å². The number of likely N-dealkylation sites (N-methyl/N-ethyl adjacent to an activating group) is 1. The van der Waals surface area contributed by atoms with E-state index < -0.39 is 0 Å². The molecule has 1 fully saturated rings. The lowest BCUT2D eigenvalue weighted by molar-refractivity contribution is -0.123. The second-order valence-electron chi connectivity index (χ2n) is 6.20. The topological polar surface area (TPSA) is 35.6 Å². The van der Waals surface area contributed by atoms with Crippen LogP contribution >= 0.6 is 0 Å². The number of hydrogen-bond acceptors (Lipinski definition) is 3. The van der Waals surface area contributed by atoms with Crippen molar-refractivity contribution in [3.8, 4) is 0 Å². The first-order valence-electron chi connectivity index (χ1n) is 7.71. The van der Waals surface area contributed by atoms with E-state index in [2.05, 4.69) is 35.9 Å². The largest absolute Gasteiger partial charge is 0.352 e. The number of nitrogens with zero attached hydrogens (tertiary/aromatic N) is 2. The number of nitrogens with one attached hydrogen (secondary N) is 1. The molecule has 0 atom stereocenters. The number of rotatable bonds is 7. The van der Waals surface area contributed by atoms with Crippen LogP contribution in [0.5, 0.6) is 0 Å². The summed E-state index contributed by atoms with van der Waals surface area (Å²) in [4.78, 5) is 16.5. The summed E-state index contributed by atoms with van der Waals surface area (Å²) in [7, 11) is 2.03. The maximum Gasteiger partial charge on any atom is 0.234 e. The molecular formula is C15H31N3O. The Labute approximate surface area is 118 Å². The fraction of sp³-hybridized carbons (Fsp3) is 0.933. The Morgan fingerprint density at radius 1 is 1.37 bits per heavy atom. The van der Waals surface area contributed by atoms with E-state index in [1.54, 1.807) is 0 Å². The monoisotopic (exact) mass is 269 g/mol. The second kappa shape index (κ2) is 8.54. The molecule has 0 unspecified atom stereocenters. The normalized spacial score (nSPS) is 18.2. The summed E-state index contributed by atoms with van der Waals surface area (Å²) in [6.45, 7) is 11.5. The Balaban J connectivity index is 2.17. The number of carbonyl (C=O) groups is 1. The van der Waals surface area contributed by atoms with Crippen LogP contribution in [-0.2, 0) is 4.79 Å². The van der Waals surface area contributed by atoms with E-state index in [0.717, 1.165) is 45.4 Å². The fourth-order valence-electron chi connectivity index (χ4n) is 2.47. The van der Waals surface area contributed by atoms with Gasteiger partial charge in [-0.25, -0.2) is 0 Å². The van der Waals surface area contributed by atoms with Crippen LogP contribution in [0, 0.1) is 5.92 Å². The summed E-state index contributed by atoms with van der Waals surface area (Å²) in [6, 6.07) is 0.383. The first kappa shape index (κ1) is 16.4. The van der Waals surface area contributed by atoms with Crippen LogP contribution in [0.1, 0.15) is 40.0 Å². The molecule has 0 aromatic carbocycles. The maximum atomic E-state index is 12.0. The van der Waals surface area contributed by atoms with Crippen LogP contribution in [0.3, 0.4) is 0 Å². The van der Waals surface area contributed by atoms with Crippen molar-refractivity contribution < 1.29 is 4.79 Å². The van der Waals surface area contributed by atoms with Gasteiger partial charge < -0.3 is 10.2 Å². The van der Waals surface area contributed by atoms with Crippen LogP contribution in [0.4, 0.5) is 0 Å². The second-order valence-corrected chi connectivity index (χ2v) is 6.20. The molecule has 112 valence electrons. The number of amides is 1. The van der Waals surface area contributed by atoms with Crippen molar-refractivity contribution in [3.05, 3.63) is 0 Å². The molecule has 0 radical (unpaired) electrons. The Bertz CT molecular complexity index is 260.